The van der Waals surface area contributed by atoms with Crippen molar-refractivity contribution in [3.63, 3.8) is 0 Å². The van der Waals surface area contributed by atoms with Gasteiger partial charge in [0.05, 0.1) is 22.1 Å². The first kappa shape index (κ1) is 31.9. The molecule has 0 bridgehead atoms. The molecule has 1 aromatic heterocycles. The summed E-state index contributed by atoms with van der Waals surface area (Å²) in [7, 11) is 0. The first-order valence-electron chi connectivity index (χ1n) is 12.9. The van der Waals surface area contributed by atoms with Gasteiger partial charge in [-0.25, -0.2) is 4.98 Å². The van der Waals surface area contributed by atoms with Gasteiger partial charge >= 0.3 is 0 Å². The van der Waals surface area contributed by atoms with Gasteiger partial charge in [0, 0.05) is 40.4 Å². The number of carbonyl (C=O) groups is 1. The number of nitrogens with zero attached hydrogens (tertiary/aromatic N) is 2. The van der Waals surface area contributed by atoms with Crippen LogP contribution < -0.4 is 5.32 Å². The number of epoxide rings is 1. The van der Waals surface area contributed by atoms with Crippen molar-refractivity contribution in [2.24, 2.45) is 5.41 Å². The van der Waals surface area contributed by atoms with Crippen LogP contribution in [0.25, 0.3) is 10.4 Å². The number of amides is 1. The van der Waals surface area contributed by atoms with Gasteiger partial charge in [-0.05, 0) is 43.2 Å². The maximum atomic E-state index is 12.8. The van der Waals surface area contributed by atoms with E-state index in [0.717, 1.165) is 25.1 Å². The number of benzene rings is 1. The van der Waals surface area contributed by atoms with E-state index in [0.29, 0.717) is 6.42 Å². The Morgan fingerprint density at radius 2 is 1.86 bits per heavy atom. The monoisotopic (exact) mass is 542 g/mol. The molecule has 0 saturated carbocycles. The van der Waals surface area contributed by atoms with Crippen LogP contribution in [-0.2, 0) is 28.1 Å². The molecule has 35 heavy (non-hydrogen) atoms. The van der Waals surface area contributed by atoms with Gasteiger partial charge in [-0.15, -0.1) is 11.3 Å². The molecule has 1 radical (unpaired) electrons. The van der Waals surface area contributed by atoms with E-state index in [-0.39, 0.29) is 57.1 Å². The summed E-state index contributed by atoms with van der Waals surface area (Å²) in [6, 6.07) is 9.10. The summed E-state index contributed by atoms with van der Waals surface area (Å²) < 4.78 is 5.99. The average molecular weight is 543 g/mol. The van der Waals surface area contributed by atoms with E-state index in [4.69, 9.17) is 4.74 Å². The van der Waals surface area contributed by atoms with E-state index in [1.165, 1.54) is 16.0 Å². The van der Waals surface area contributed by atoms with Crippen molar-refractivity contribution in [1.29, 1.82) is 0 Å². The standard InChI is InChI=1S/C24H33N3O2S.2C2H6.V.2H2/c1-15(17-8-10-18(11-9-17)22-16(2)25-14-30-22)26-23-21(29-23)19-7-6-12-27(19)20(28)13-24(3,4)5;2*1-2;;;/h8-11,14-15,19,21,23,26H,6-7,12-13H2,1-5H3;2*1-2H3;;2*1H/t15-,19-,21?,23?;;;;;/m0...../s1. The predicted molar refractivity (Wildman–Crippen MR) is 148 cm³/mol. The minimum atomic E-state index is 0. The topological polar surface area (TPSA) is 57.8 Å². The van der Waals surface area contributed by atoms with Crippen molar-refractivity contribution in [3.05, 3.63) is 41.0 Å². The van der Waals surface area contributed by atoms with Gasteiger partial charge in [-0.2, -0.15) is 0 Å². The van der Waals surface area contributed by atoms with Gasteiger partial charge < -0.3 is 9.64 Å². The Kier molecular flexibility index (Phi) is 13.2. The molecular weight excluding hydrogens is 493 g/mol. The van der Waals surface area contributed by atoms with Crippen molar-refractivity contribution in [1.82, 2.24) is 15.2 Å². The van der Waals surface area contributed by atoms with E-state index in [9.17, 15) is 4.79 Å². The fourth-order valence-electron chi connectivity index (χ4n) is 4.39. The number of nitrogens with one attached hydrogen (secondary N) is 1. The molecule has 1 N–H and O–H groups in total. The third-order valence-electron chi connectivity index (χ3n) is 6.04. The van der Waals surface area contributed by atoms with Crippen LogP contribution in [0.2, 0.25) is 0 Å². The summed E-state index contributed by atoms with van der Waals surface area (Å²) in [6.07, 6.45) is 2.84. The van der Waals surface area contributed by atoms with Crippen LogP contribution in [-0.4, -0.2) is 40.7 Å². The Labute approximate surface area is 232 Å². The predicted octanol–water partition coefficient (Wildman–Crippen LogP) is 7.46. The van der Waals surface area contributed by atoms with Gasteiger partial charge in [-0.3, -0.25) is 10.1 Å². The number of likely N-dealkylation sites (tertiary alicyclic amines) is 1. The maximum Gasteiger partial charge on any atom is 0.223 e. The van der Waals surface area contributed by atoms with Crippen molar-refractivity contribution >= 4 is 17.2 Å². The first-order valence-corrected chi connectivity index (χ1v) is 13.8. The molecule has 199 valence electrons. The number of rotatable bonds is 6. The molecule has 5 nitrogen and oxygen atoms in total. The van der Waals surface area contributed by atoms with Crippen LogP contribution in [0, 0.1) is 12.3 Å². The summed E-state index contributed by atoms with van der Waals surface area (Å²) >= 11 is 1.68. The smallest absolute Gasteiger partial charge is 0.223 e. The summed E-state index contributed by atoms with van der Waals surface area (Å²) in [5.74, 6) is 0.265. The third kappa shape index (κ3) is 8.71. The second-order valence-corrected chi connectivity index (χ2v) is 10.7. The van der Waals surface area contributed by atoms with Gasteiger partial charge in [-0.1, -0.05) is 72.7 Å². The van der Waals surface area contributed by atoms with E-state index in [1.54, 1.807) is 11.3 Å². The number of hydrogen-bond acceptors (Lipinski definition) is 5. The Hall–Kier alpha value is -1.18. The molecule has 2 aliphatic rings. The number of aryl methyl sites for hydroxylation is 1. The largest absolute Gasteiger partial charge is 0.351 e. The zero-order valence-corrected chi connectivity index (χ0v) is 25.3. The van der Waals surface area contributed by atoms with Gasteiger partial charge in [0.2, 0.25) is 5.91 Å². The molecule has 1 aromatic carbocycles. The summed E-state index contributed by atoms with van der Waals surface area (Å²) in [5.41, 5.74) is 5.44. The third-order valence-corrected chi connectivity index (χ3v) is 7.02. The van der Waals surface area contributed by atoms with E-state index in [1.807, 2.05) is 40.1 Å². The molecular formula is C28H49N3O2SV. The molecule has 2 aromatic rings. The van der Waals surface area contributed by atoms with Crippen LogP contribution in [0.3, 0.4) is 0 Å². The molecule has 0 aliphatic carbocycles. The van der Waals surface area contributed by atoms with Gasteiger partial charge in [0.1, 0.15) is 12.3 Å². The fourth-order valence-corrected chi connectivity index (χ4v) is 5.21. The van der Waals surface area contributed by atoms with Crippen LogP contribution >= 0.6 is 11.3 Å². The maximum absolute atomic E-state index is 12.8. The average Bonchev–Trinajstić information content (AvgIpc) is 3.19. The molecule has 1 amide bonds. The van der Waals surface area contributed by atoms with Crippen molar-refractivity contribution in [2.45, 2.75) is 106 Å². The van der Waals surface area contributed by atoms with Gasteiger partial charge in [0.25, 0.3) is 0 Å². The SMILES string of the molecule is CC.CC.Cc1ncsc1-c1ccc([C@H](C)NC2OC2[C@@H]2CCCN2C(=O)CC(C)(C)C)cc1.[HH].[HH].[V]. The number of thiazole rings is 1. The second-order valence-electron chi connectivity index (χ2n) is 9.83. The normalized spacial score (nSPS) is 21.6. The second kappa shape index (κ2) is 14.5. The molecule has 3 heterocycles. The Bertz CT molecular complexity index is 906. The summed E-state index contributed by atoms with van der Waals surface area (Å²) in [5, 5.41) is 3.60. The van der Waals surface area contributed by atoms with Crippen LogP contribution in [0.1, 0.15) is 94.8 Å². The minimum absolute atomic E-state index is 0. The van der Waals surface area contributed by atoms with Crippen molar-refractivity contribution < 1.29 is 30.9 Å². The Balaban J connectivity index is 0. The van der Waals surface area contributed by atoms with E-state index < -0.39 is 0 Å². The summed E-state index contributed by atoms with van der Waals surface area (Å²) in [4.78, 5) is 20.4. The van der Waals surface area contributed by atoms with E-state index in [2.05, 4.69) is 67.2 Å². The number of aromatic nitrogens is 1. The zero-order valence-electron chi connectivity index (χ0n) is 23.1. The van der Waals surface area contributed by atoms with Crippen LogP contribution in [0.5, 0.6) is 0 Å². The number of ether oxygens (including phenoxy) is 1. The van der Waals surface area contributed by atoms with Crippen molar-refractivity contribution in [3.8, 4) is 10.4 Å². The van der Waals surface area contributed by atoms with Crippen molar-refractivity contribution in [2.75, 3.05) is 6.54 Å². The first-order chi connectivity index (χ1) is 16.2. The molecule has 0 spiro atoms. The molecule has 2 aliphatic heterocycles. The van der Waals surface area contributed by atoms with Gasteiger partial charge in [0.15, 0.2) is 0 Å². The minimum Gasteiger partial charge on any atom is -0.351 e. The van der Waals surface area contributed by atoms with E-state index >= 15 is 0 Å². The number of hydrogen-bond donors (Lipinski definition) is 1. The molecule has 2 fully saturated rings. The van der Waals surface area contributed by atoms with Crippen LogP contribution in [0.15, 0.2) is 29.8 Å². The Morgan fingerprint density at radius 3 is 2.40 bits per heavy atom. The van der Waals surface area contributed by atoms with Crippen LogP contribution in [0.4, 0.5) is 0 Å². The molecule has 4 atom stereocenters. The molecule has 2 unspecified atom stereocenters. The zero-order chi connectivity index (χ0) is 25.5. The summed E-state index contributed by atoms with van der Waals surface area (Å²) in [6.45, 7) is 19.4. The number of carbonyl (C=O) groups excluding carboxylic acids is 1. The molecule has 4 rings (SSSR count). The molecule has 7 heteroatoms. The quantitative estimate of drug-likeness (QED) is 0.385. The Morgan fingerprint density at radius 1 is 1.23 bits per heavy atom. The molecule has 2 saturated heterocycles. The fraction of sp³-hybridized carbons (Fsp3) is 0.643.